The van der Waals surface area contributed by atoms with E-state index in [1.165, 1.54) is 13.0 Å². The van der Waals surface area contributed by atoms with Crippen LogP contribution in [0.3, 0.4) is 0 Å². The van der Waals surface area contributed by atoms with Crippen LogP contribution in [0.5, 0.6) is 0 Å². The Morgan fingerprint density at radius 3 is 2.93 bits per heavy atom. The van der Waals surface area contributed by atoms with E-state index in [4.69, 9.17) is 5.73 Å². The van der Waals surface area contributed by atoms with Gasteiger partial charge in [0, 0.05) is 25.6 Å². The number of hydrogen-bond acceptors (Lipinski definition) is 2. The highest BCUT2D eigenvalue weighted by Gasteiger charge is 2.24. The van der Waals surface area contributed by atoms with Gasteiger partial charge in [0.25, 0.3) is 0 Å². The van der Waals surface area contributed by atoms with Crippen molar-refractivity contribution in [3.8, 4) is 11.8 Å². The van der Waals surface area contributed by atoms with E-state index >= 15 is 0 Å². The average Bonchev–Trinajstić information content (AvgIpc) is 2.21. The lowest BCUT2D eigenvalue weighted by Crippen LogP contribution is -2.46. The van der Waals surface area contributed by atoms with Crippen LogP contribution in [-0.2, 0) is 0 Å². The molecule has 1 saturated heterocycles. The summed E-state index contributed by atoms with van der Waals surface area (Å²) in [6.45, 7) is 7.58. The van der Waals surface area contributed by atoms with Gasteiger partial charge < -0.3 is 10.6 Å². The van der Waals surface area contributed by atoms with Crippen molar-refractivity contribution in [2.45, 2.75) is 39.2 Å². The number of likely N-dealkylation sites (tertiary alicyclic amines) is 1. The van der Waals surface area contributed by atoms with Crippen LogP contribution in [-0.4, -0.2) is 30.6 Å². The molecule has 2 heteroatoms. The number of piperidine rings is 1. The van der Waals surface area contributed by atoms with Crippen LogP contribution in [0.1, 0.15) is 33.1 Å². The molecule has 0 aromatic carbocycles. The highest BCUT2D eigenvalue weighted by molar-refractivity contribution is 4.96. The zero-order valence-corrected chi connectivity index (χ0v) is 9.42. The van der Waals surface area contributed by atoms with Crippen molar-refractivity contribution in [1.29, 1.82) is 0 Å². The predicted octanol–water partition coefficient (Wildman–Crippen LogP) is 1.46. The predicted molar refractivity (Wildman–Crippen MR) is 60.9 cm³/mol. The molecule has 1 heterocycles. The van der Waals surface area contributed by atoms with Gasteiger partial charge in [-0.2, -0.15) is 0 Å². The van der Waals surface area contributed by atoms with Gasteiger partial charge in [-0.3, -0.25) is 0 Å². The summed E-state index contributed by atoms with van der Waals surface area (Å²) >= 11 is 0. The van der Waals surface area contributed by atoms with Crippen LogP contribution in [0.4, 0.5) is 0 Å². The van der Waals surface area contributed by atoms with Crippen molar-refractivity contribution in [3.05, 3.63) is 0 Å². The fourth-order valence-electron chi connectivity index (χ4n) is 2.10. The topological polar surface area (TPSA) is 29.3 Å². The first-order chi connectivity index (χ1) is 6.77. The molecule has 0 spiro atoms. The third-order valence-corrected chi connectivity index (χ3v) is 3.13. The summed E-state index contributed by atoms with van der Waals surface area (Å²) in [7, 11) is 0. The molecule has 0 radical (unpaired) electrons. The molecule has 14 heavy (non-hydrogen) atoms. The Kier molecular flexibility index (Phi) is 5.00. The highest BCUT2D eigenvalue weighted by atomic mass is 15.1. The number of nitrogens with zero attached hydrogens (tertiary/aromatic N) is 1. The third-order valence-electron chi connectivity index (χ3n) is 3.13. The van der Waals surface area contributed by atoms with Crippen LogP contribution < -0.4 is 5.73 Å². The zero-order chi connectivity index (χ0) is 10.4. The summed E-state index contributed by atoms with van der Waals surface area (Å²) < 4.78 is 0. The van der Waals surface area contributed by atoms with E-state index in [-0.39, 0.29) is 0 Å². The van der Waals surface area contributed by atoms with Gasteiger partial charge in [-0.15, -0.1) is 11.8 Å². The minimum Gasteiger partial charge on any atom is -0.327 e. The van der Waals surface area contributed by atoms with Gasteiger partial charge in [0.1, 0.15) is 0 Å². The van der Waals surface area contributed by atoms with Crippen LogP contribution in [0.25, 0.3) is 0 Å². The van der Waals surface area contributed by atoms with Gasteiger partial charge in [0.15, 0.2) is 0 Å². The van der Waals surface area contributed by atoms with Gasteiger partial charge in [-0.1, -0.05) is 13.3 Å². The lowest BCUT2D eigenvalue weighted by Gasteiger charge is -2.36. The number of rotatable bonds is 3. The van der Waals surface area contributed by atoms with Gasteiger partial charge in [0.05, 0.1) is 0 Å². The molecular formula is C12H22N2. The average molecular weight is 194 g/mol. The third kappa shape index (κ3) is 3.32. The van der Waals surface area contributed by atoms with Crippen LogP contribution in [0.15, 0.2) is 0 Å². The largest absolute Gasteiger partial charge is 0.327 e. The zero-order valence-electron chi connectivity index (χ0n) is 9.42. The van der Waals surface area contributed by atoms with Crippen LogP contribution in [0.2, 0.25) is 0 Å². The second-order valence-electron chi connectivity index (χ2n) is 4.10. The lowest BCUT2D eigenvalue weighted by atomic mass is 9.91. The van der Waals surface area contributed by atoms with E-state index in [0.29, 0.717) is 12.0 Å². The Hall–Kier alpha value is -0.520. The van der Waals surface area contributed by atoms with E-state index in [2.05, 4.69) is 23.7 Å². The van der Waals surface area contributed by atoms with E-state index in [9.17, 15) is 0 Å². The van der Waals surface area contributed by atoms with E-state index in [1.54, 1.807) is 0 Å². The fourth-order valence-corrected chi connectivity index (χ4v) is 2.10. The summed E-state index contributed by atoms with van der Waals surface area (Å²) in [5.41, 5.74) is 6.05. The molecule has 2 N–H and O–H groups in total. The van der Waals surface area contributed by atoms with Crippen LogP contribution >= 0.6 is 0 Å². The summed E-state index contributed by atoms with van der Waals surface area (Å²) in [6, 6.07) is 0.425. The standard InChI is InChI=1S/C12H22N2/c1-3-5-6-8-14-9-7-12(13)11(4-2)10-14/h11-12H,4,6-10,13H2,1-2H3. The van der Waals surface area contributed by atoms with E-state index in [1.807, 2.05) is 6.92 Å². The lowest BCUT2D eigenvalue weighted by molar-refractivity contribution is 0.155. The summed E-state index contributed by atoms with van der Waals surface area (Å²) in [4.78, 5) is 2.50. The Balaban J connectivity index is 2.30. The maximum atomic E-state index is 6.05. The molecular weight excluding hydrogens is 172 g/mol. The van der Waals surface area contributed by atoms with Crippen molar-refractivity contribution in [1.82, 2.24) is 4.90 Å². The van der Waals surface area contributed by atoms with Crippen molar-refractivity contribution in [2.24, 2.45) is 11.7 Å². The number of nitrogens with two attached hydrogens (primary N) is 1. The van der Waals surface area contributed by atoms with Crippen molar-refractivity contribution in [2.75, 3.05) is 19.6 Å². The molecule has 0 aliphatic carbocycles. The maximum absolute atomic E-state index is 6.05. The first-order valence-electron chi connectivity index (χ1n) is 5.65. The molecule has 1 fully saturated rings. The van der Waals surface area contributed by atoms with Gasteiger partial charge in [0.2, 0.25) is 0 Å². The Bertz CT molecular complexity index is 214. The molecule has 1 rings (SSSR count). The molecule has 0 amide bonds. The maximum Gasteiger partial charge on any atom is 0.0216 e. The first kappa shape index (κ1) is 11.6. The Labute approximate surface area is 87.8 Å². The normalized spacial score (nSPS) is 28.2. The fraction of sp³-hybridized carbons (Fsp3) is 0.833. The monoisotopic (exact) mass is 194 g/mol. The molecule has 2 atom stereocenters. The number of hydrogen-bond donors (Lipinski definition) is 1. The molecule has 80 valence electrons. The molecule has 2 nitrogen and oxygen atoms in total. The van der Waals surface area contributed by atoms with Crippen LogP contribution in [0, 0.1) is 17.8 Å². The molecule has 0 saturated carbocycles. The summed E-state index contributed by atoms with van der Waals surface area (Å²) in [6.07, 6.45) is 3.36. The highest BCUT2D eigenvalue weighted by Crippen LogP contribution is 2.18. The van der Waals surface area contributed by atoms with Gasteiger partial charge >= 0.3 is 0 Å². The quantitative estimate of drug-likeness (QED) is 0.689. The molecule has 1 aliphatic rings. The van der Waals surface area contributed by atoms with Gasteiger partial charge in [-0.25, -0.2) is 0 Å². The van der Waals surface area contributed by atoms with Crippen molar-refractivity contribution < 1.29 is 0 Å². The minimum atomic E-state index is 0.425. The molecule has 1 aliphatic heterocycles. The minimum absolute atomic E-state index is 0.425. The molecule has 0 aromatic rings. The Morgan fingerprint density at radius 1 is 1.50 bits per heavy atom. The molecule has 2 unspecified atom stereocenters. The second-order valence-corrected chi connectivity index (χ2v) is 4.10. The second kappa shape index (κ2) is 6.06. The summed E-state index contributed by atoms with van der Waals surface area (Å²) in [5, 5.41) is 0. The Morgan fingerprint density at radius 2 is 2.29 bits per heavy atom. The summed E-state index contributed by atoms with van der Waals surface area (Å²) in [5.74, 6) is 6.75. The van der Waals surface area contributed by atoms with E-state index in [0.717, 1.165) is 25.9 Å². The smallest absolute Gasteiger partial charge is 0.0216 e. The molecule has 0 aromatic heterocycles. The van der Waals surface area contributed by atoms with Crippen molar-refractivity contribution in [3.63, 3.8) is 0 Å². The molecule has 0 bridgehead atoms. The van der Waals surface area contributed by atoms with Crippen molar-refractivity contribution >= 4 is 0 Å². The van der Waals surface area contributed by atoms with E-state index < -0.39 is 0 Å². The SMILES string of the molecule is CC#CCCN1CCC(N)C(CC)C1. The van der Waals surface area contributed by atoms with Gasteiger partial charge in [-0.05, 0) is 25.8 Å². The first-order valence-corrected chi connectivity index (χ1v) is 5.65.